The van der Waals surface area contributed by atoms with Gasteiger partial charge in [0.2, 0.25) is 0 Å². The smallest absolute Gasteiger partial charge is 0.261 e. The van der Waals surface area contributed by atoms with Gasteiger partial charge >= 0.3 is 0 Å². The van der Waals surface area contributed by atoms with Crippen LogP contribution in [0.15, 0.2) is 24.3 Å². The maximum absolute atomic E-state index is 12.2. The molecule has 0 saturated carbocycles. The van der Waals surface area contributed by atoms with Crippen LogP contribution in [-0.4, -0.2) is 24.6 Å². The number of carbonyl (C=O) groups excluding carboxylic acids is 1. The topological polar surface area (TPSA) is 64.3 Å². The summed E-state index contributed by atoms with van der Waals surface area (Å²) in [5.41, 5.74) is 6.79. The zero-order valence-electron chi connectivity index (χ0n) is 11.8. The van der Waals surface area contributed by atoms with Gasteiger partial charge in [-0.15, -0.1) is 12.4 Å². The van der Waals surface area contributed by atoms with E-state index in [1.54, 1.807) is 0 Å². The summed E-state index contributed by atoms with van der Waals surface area (Å²) in [6.07, 6.45) is 3.35. The molecule has 1 aliphatic heterocycles. The normalized spacial score (nSPS) is 17.6. The number of nitrogens with one attached hydrogen (secondary N) is 1. The van der Waals surface area contributed by atoms with E-state index in [4.69, 9.17) is 10.5 Å². The summed E-state index contributed by atoms with van der Waals surface area (Å²) in [5.74, 6) is 0.767. The van der Waals surface area contributed by atoms with Crippen LogP contribution in [0, 0.1) is 0 Å². The van der Waals surface area contributed by atoms with Gasteiger partial charge in [-0.2, -0.15) is 0 Å². The van der Waals surface area contributed by atoms with Crippen molar-refractivity contribution >= 4 is 18.3 Å². The Labute approximate surface area is 126 Å². The van der Waals surface area contributed by atoms with E-state index in [0.29, 0.717) is 13.0 Å². The number of hydrogen-bond donors (Lipinski definition) is 2. The van der Waals surface area contributed by atoms with Crippen molar-refractivity contribution in [2.75, 3.05) is 6.54 Å². The lowest BCUT2D eigenvalue weighted by Crippen LogP contribution is -2.46. The van der Waals surface area contributed by atoms with Crippen molar-refractivity contribution in [3.05, 3.63) is 29.8 Å². The Kier molecular flexibility index (Phi) is 6.82. The predicted octanol–water partition coefficient (Wildman–Crippen LogP) is 2.05. The molecule has 1 aliphatic rings. The van der Waals surface area contributed by atoms with Gasteiger partial charge in [0.1, 0.15) is 5.75 Å². The first-order chi connectivity index (χ1) is 9.24. The highest BCUT2D eigenvalue weighted by molar-refractivity contribution is 5.85. The van der Waals surface area contributed by atoms with E-state index in [0.717, 1.165) is 30.6 Å². The van der Waals surface area contributed by atoms with Gasteiger partial charge < -0.3 is 15.8 Å². The van der Waals surface area contributed by atoms with Crippen LogP contribution >= 0.6 is 12.4 Å². The average Bonchev–Trinajstić information content (AvgIpc) is 2.87. The molecule has 0 fully saturated rings. The molecule has 3 N–H and O–H groups in total. The van der Waals surface area contributed by atoms with Crippen LogP contribution in [0.5, 0.6) is 5.75 Å². The lowest BCUT2D eigenvalue weighted by Gasteiger charge is -2.19. The molecule has 2 unspecified atom stereocenters. The minimum atomic E-state index is -0.409. The fourth-order valence-electron chi connectivity index (χ4n) is 2.32. The number of fused-ring (bicyclic) bond motifs is 1. The molecule has 0 bridgehead atoms. The van der Waals surface area contributed by atoms with E-state index in [-0.39, 0.29) is 24.4 Å². The summed E-state index contributed by atoms with van der Waals surface area (Å²) in [5, 5.41) is 2.99. The van der Waals surface area contributed by atoms with E-state index in [9.17, 15) is 4.79 Å². The van der Waals surface area contributed by atoms with Gasteiger partial charge in [-0.3, -0.25) is 4.79 Å². The first-order valence-corrected chi connectivity index (χ1v) is 6.99. The van der Waals surface area contributed by atoms with E-state index in [1.165, 1.54) is 0 Å². The Bertz CT molecular complexity index is 415. The molecular formula is C15H23ClN2O2. The van der Waals surface area contributed by atoms with Crippen LogP contribution in [0.3, 0.4) is 0 Å². The van der Waals surface area contributed by atoms with Crippen LogP contribution in [0.4, 0.5) is 0 Å². The third kappa shape index (κ3) is 4.12. The molecule has 0 aliphatic carbocycles. The van der Waals surface area contributed by atoms with Crippen LogP contribution in [0.1, 0.15) is 31.7 Å². The second-order valence-electron chi connectivity index (χ2n) is 5.00. The number of para-hydroxylation sites is 1. The number of nitrogens with two attached hydrogens (primary N) is 1. The molecule has 1 aromatic carbocycles. The molecule has 0 saturated heterocycles. The van der Waals surface area contributed by atoms with Crippen molar-refractivity contribution in [1.29, 1.82) is 0 Å². The molecule has 1 heterocycles. The highest BCUT2D eigenvalue weighted by Gasteiger charge is 2.29. The molecule has 1 amide bonds. The second-order valence-corrected chi connectivity index (χ2v) is 5.00. The summed E-state index contributed by atoms with van der Waals surface area (Å²) < 4.78 is 5.67. The number of unbranched alkanes of at least 4 members (excludes halogenated alkanes) is 1. The number of benzene rings is 1. The van der Waals surface area contributed by atoms with Crippen molar-refractivity contribution in [3.63, 3.8) is 0 Å². The van der Waals surface area contributed by atoms with Crippen LogP contribution < -0.4 is 15.8 Å². The molecule has 5 heteroatoms. The molecule has 0 aromatic heterocycles. The summed E-state index contributed by atoms with van der Waals surface area (Å²) >= 11 is 0. The van der Waals surface area contributed by atoms with Crippen molar-refractivity contribution < 1.29 is 9.53 Å². The molecule has 4 nitrogen and oxygen atoms in total. The highest BCUT2D eigenvalue weighted by Crippen LogP contribution is 2.28. The van der Waals surface area contributed by atoms with E-state index >= 15 is 0 Å². The summed E-state index contributed by atoms with van der Waals surface area (Å²) in [4.78, 5) is 12.2. The fourth-order valence-corrected chi connectivity index (χ4v) is 2.32. The molecule has 2 atom stereocenters. The Morgan fingerprint density at radius 1 is 1.50 bits per heavy atom. The summed E-state index contributed by atoms with van der Waals surface area (Å²) in [7, 11) is 0. The highest BCUT2D eigenvalue weighted by atomic mass is 35.5. The molecule has 1 aromatic rings. The number of carbonyl (C=O) groups is 1. The van der Waals surface area contributed by atoms with Crippen molar-refractivity contribution in [1.82, 2.24) is 5.32 Å². The Morgan fingerprint density at radius 2 is 2.25 bits per heavy atom. The fraction of sp³-hybridized carbons (Fsp3) is 0.533. The van der Waals surface area contributed by atoms with Crippen LogP contribution in [0.2, 0.25) is 0 Å². The van der Waals surface area contributed by atoms with Gasteiger partial charge in [0.05, 0.1) is 0 Å². The molecule has 0 radical (unpaired) electrons. The third-order valence-electron chi connectivity index (χ3n) is 3.48. The van der Waals surface area contributed by atoms with E-state index < -0.39 is 6.10 Å². The van der Waals surface area contributed by atoms with Crippen LogP contribution in [-0.2, 0) is 11.2 Å². The Morgan fingerprint density at radius 3 is 2.90 bits per heavy atom. The zero-order valence-corrected chi connectivity index (χ0v) is 12.6. The molecule has 112 valence electrons. The lowest BCUT2D eigenvalue weighted by molar-refractivity contribution is -0.127. The molecule has 20 heavy (non-hydrogen) atoms. The van der Waals surface area contributed by atoms with E-state index in [2.05, 4.69) is 12.2 Å². The first-order valence-electron chi connectivity index (χ1n) is 6.99. The van der Waals surface area contributed by atoms with Crippen LogP contribution in [0.25, 0.3) is 0 Å². The zero-order chi connectivity index (χ0) is 13.7. The van der Waals surface area contributed by atoms with Gasteiger partial charge in [-0.25, -0.2) is 0 Å². The molecular weight excluding hydrogens is 276 g/mol. The minimum Gasteiger partial charge on any atom is -0.480 e. The van der Waals surface area contributed by atoms with Crippen molar-refractivity contribution in [2.24, 2.45) is 5.73 Å². The van der Waals surface area contributed by atoms with Gasteiger partial charge in [0.25, 0.3) is 5.91 Å². The average molecular weight is 299 g/mol. The largest absolute Gasteiger partial charge is 0.480 e. The molecule has 2 rings (SSSR count). The number of hydrogen-bond acceptors (Lipinski definition) is 3. The summed E-state index contributed by atoms with van der Waals surface area (Å²) in [6.45, 7) is 2.61. The van der Waals surface area contributed by atoms with Crippen molar-refractivity contribution in [3.8, 4) is 5.75 Å². The maximum atomic E-state index is 12.2. The quantitative estimate of drug-likeness (QED) is 0.845. The standard InChI is InChI=1S/C15H22N2O2.ClH/c1-2-3-7-12(10-16)17-15(18)14-9-11-6-4-5-8-13(11)19-14;/h4-6,8,12,14H,2-3,7,9-10,16H2,1H3,(H,17,18);1H. The van der Waals surface area contributed by atoms with Gasteiger partial charge in [0, 0.05) is 19.0 Å². The first kappa shape index (κ1) is 16.8. The Hall–Kier alpha value is -1.26. The van der Waals surface area contributed by atoms with Gasteiger partial charge in [-0.1, -0.05) is 38.0 Å². The second kappa shape index (κ2) is 8.12. The number of amides is 1. The maximum Gasteiger partial charge on any atom is 0.261 e. The number of ether oxygens (including phenoxy) is 1. The van der Waals surface area contributed by atoms with Gasteiger partial charge in [0.15, 0.2) is 6.10 Å². The monoisotopic (exact) mass is 298 g/mol. The predicted molar refractivity (Wildman–Crippen MR) is 82.3 cm³/mol. The summed E-state index contributed by atoms with van der Waals surface area (Å²) in [6, 6.07) is 7.84. The van der Waals surface area contributed by atoms with Crippen molar-refractivity contribution in [2.45, 2.75) is 44.8 Å². The number of halogens is 1. The molecule has 0 spiro atoms. The van der Waals surface area contributed by atoms with Gasteiger partial charge in [-0.05, 0) is 18.1 Å². The SMILES string of the molecule is CCCCC(CN)NC(=O)C1Cc2ccccc2O1.Cl. The number of rotatable bonds is 6. The Balaban J connectivity index is 0.00000200. The van der Waals surface area contributed by atoms with E-state index in [1.807, 2.05) is 24.3 Å². The minimum absolute atomic E-state index is 0. The third-order valence-corrected chi connectivity index (χ3v) is 3.48. The lowest BCUT2D eigenvalue weighted by atomic mass is 10.1.